The number of urea groups is 1. The van der Waals surface area contributed by atoms with Crippen LogP contribution in [0.3, 0.4) is 0 Å². The highest BCUT2D eigenvalue weighted by Gasteiger charge is 2.28. The number of amides is 2. The summed E-state index contributed by atoms with van der Waals surface area (Å²) in [7, 11) is -0.980. The van der Waals surface area contributed by atoms with E-state index < -0.39 is 10.8 Å². The van der Waals surface area contributed by atoms with Gasteiger partial charge in [0.25, 0.3) is 0 Å². The summed E-state index contributed by atoms with van der Waals surface area (Å²) >= 11 is 0. The minimum absolute atomic E-state index is 0.0518. The van der Waals surface area contributed by atoms with Crippen molar-refractivity contribution in [2.75, 3.05) is 12.8 Å². The number of benzene rings is 1. The molecule has 1 aromatic carbocycles. The van der Waals surface area contributed by atoms with Crippen LogP contribution >= 0.6 is 0 Å². The molecule has 0 aliphatic carbocycles. The van der Waals surface area contributed by atoms with Crippen molar-refractivity contribution >= 4 is 16.8 Å². The van der Waals surface area contributed by atoms with E-state index in [4.69, 9.17) is 0 Å². The van der Waals surface area contributed by atoms with E-state index in [-0.39, 0.29) is 12.1 Å². The summed E-state index contributed by atoms with van der Waals surface area (Å²) in [6.07, 6.45) is 8.42. The van der Waals surface area contributed by atoms with Crippen LogP contribution in [0.25, 0.3) is 0 Å². The molecule has 1 aliphatic heterocycles. The SMILES string of the molecule is C[S@@](=O)c1ccc(CNC(=O)N2CCCC[C@@H]2c2cn[nH]c2)cc1. The molecule has 1 saturated heterocycles. The van der Waals surface area contributed by atoms with Gasteiger partial charge < -0.3 is 10.2 Å². The molecule has 0 radical (unpaired) electrons. The van der Waals surface area contributed by atoms with Gasteiger partial charge in [0.2, 0.25) is 0 Å². The molecule has 1 aromatic heterocycles. The van der Waals surface area contributed by atoms with Gasteiger partial charge in [-0.3, -0.25) is 9.31 Å². The number of aromatic amines is 1. The molecule has 128 valence electrons. The van der Waals surface area contributed by atoms with Gasteiger partial charge in [0.1, 0.15) is 0 Å². The quantitative estimate of drug-likeness (QED) is 0.893. The summed E-state index contributed by atoms with van der Waals surface area (Å²) in [5.74, 6) is 0. The smallest absolute Gasteiger partial charge is 0.318 e. The number of hydrogen-bond acceptors (Lipinski definition) is 3. The van der Waals surface area contributed by atoms with E-state index in [0.29, 0.717) is 6.54 Å². The van der Waals surface area contributed by atoms with Gasteiger partial charge in [-0.1, -0.05) is 12.1 Å². The minimum atomic E-state index is -0.980. The second-order valence-corrected chi connectivity index (χ2v) is 7.37. The molecule has 0 bridgehead atoms. The summed E-state index contributed by atoms with van der Waals surface area (Å²) in [5, 5.41) is 9.81. The van der Waals surface area contributed by atoms with Crippen molar-refractivity contribution in [2.45, 2.75) is 36.7 Å². The molecule has 0 saturated carbocycles. The van der Waals surface area contributed by atoms with Gasteiger partial charge in [0.15, 0.2) is 0 Å². The third-order valence-corrected chi connectivity index (χ3v) is 5.30. The standard InChI is InChI=1S/C17H22N4O2S/c1-24(23)15-7-5-13(6-8-15)10-18-17(22)21-9-3-2-4-16(21)14-11-19-20-12-14/h5-8,11-12,16H,2-4,9-10H2,1H3,(H,18,22)(H,19,20)/t16-,24-/m1/s1. The van der Waals surface area contributed by atoms with Crippen LogP contribution in [-0.4, -0.2) is 38.1 Å². The van der Waals surface area contributed by atoms with Gasteiger partial charge in [-0.15, -0.1) is 0 Å². The lowest BCUT2D eigenvalue weighted by Gasteiger charge is -2.35. The maximum Gasteiger partial charge on any atom is 0.318 e. The monoisotopic (exact) mass is 346 g/mol. The number of carbonyl (C=O) groups is 1. The topological polar surface area (TPSA) is 78.1 Å². The van der Waals surface area contributed by atoms with E-state index in [1.807, 2.05) is 35.4 Å². The van der Waals surface area contributed by atoms with Gasteiger partial charge >= 0.3 is 6.03 Å². The molecule has 1 aliphatic rings. The number of aromatic nitrogens is 2. The average Bonchev–Trinajstić information content (AvgIpc) is 3.14. The highest BCUT2D eigenvalue weighted by atomic mass is 32.2. The normalized spacial score (nSPS) is 19.0. The average molecular weight is 346 g/mol. The van der Waals surface area contributed by atoms with Gasteiger partial charge in [-0.25, -0.2) is 4.79 Å². The Hall–Kier alpha value is -2.15. The first-order chi connectivity index (χ1) is 11.6. The summed E-state index contributed by atoms with van der Waals surface area (Å²) in [6, 6.07) is 7.52. The van der Waals surface area contributed by atoms with Crippen LogP contribution in [0.5, 0.6) is 0 Å². The number of likely N-dealkylation sites (tertiary alicyclic amines) is 1. The van der Waals surface area contributed by atoms with Crippen molar-refractivity contribution in [2.24, 2.45) is 0 Å². The number of nitrogens with zero attached hydrogens (tertiary/aromatic N) is 2. The Morgan fingerprint density at radius 3 is 2.83 bits per heavy atom. The van der Waals surface area contributed by atoms with Crippen molar-refractivity contribution in [1.29, 1.82) is 0 Å². The molecular formula is C17H22N4O2S. The Morgan fingerprint density at radius 1 is 1.38 bits per heavy atom. The van der Waals surface area contributed by atoms with Crippen LogP contribution in [0.1, 0.15) is 36.4 Å². The van der Waals surface area contributed by atoms with Crippen LogP contribution in [0, 0.1) is 0 Å². The van der Waals surface area contributed by atoms with E-state index in [1.54, 1.807) is 12.5 Å². The summed E-state index contributed by atoms with van der Waals surface area (Å²) in [4.78, 5) is 15.3. The molecule has 6 nitrogen and oxygen atoms in total. The lowest BCUT2D eigenvalue weighted by Crippen LogP contribution is -2.44. The van der Waals surface area contributed by atoms with Crippen molar-refractivity contribution in [3.8, 4) is 0 Å². The van der Waals surface area contributed by atoms with Crippen LogP contribution in [-0.2, 0) is 17.3 Å². The number of carbonyl (C=O) groups excluding carboxylic acids is 1. The Labute approximate surface area is 144 Å². The van der Waals surface area contributed by atoms with Crippen LogP contribution in [0.2, 0.25) is 0 Å². The molecule has 3 rings (SSSR count). The zero-order valence-corrected chi connectivity index (χ0v) is 14.5. The first kappa shape index (κ1) is 16.7. The van der Waals surface area contributed by atoms with Crippen LogP contribution in [0.15, 0.2) is 41.6 Å². The first-order valence-corrected chi connectivity index (χ1v) is 9.66. The predicted octanol–water partition coefficient (Wildman–Crippen LogP) is 2.58. The summed E-state index contributed by atoms with van der Waals surface area (Å²) in [5.41, 5.74) is 2.05. The summed E-state index contributed by atoms with van der Waals surface area (Å²) < 4.78 is 11.4. The molecule has 2 N–H and O–H groups in total. The first-order valence-electron chi connectivity index (χ1n) is 8.10. The van der Waals surface area contributed by atoms with Crippen LogP contribution in [0.4, 0.5) is 4.79 Å². The van der Waals surface area contributed by atoms with Crippen LogP contribution < -0.4 is 5.32 Å². The fourth-order valence-corrected chi connectivity index (χ4v) is 3.56. The summed E-state index contributed by atoms with van der Waals surface area (Å²) in [6.45, 7) is 1.22. The highest BCUT2D eigenvalue weighted by Crippen LogP contribution is 2.30. The molecule has 1 fully saturated rings. The lowest BCUT2D eigenvalue weighted by molar-refractivity contribution is 0.151. The molecule has 0 unspecified atom stereocenters. The van der Waals surface area contributed by atoms with Gasteiger partial charge in [-0.2, -0.15) is 5.10 Å². The highest BCUT2D eigenvalue weighted by molar-refractivity contribution is 7.84. The number of H-pyrrole nitrogens is 1. The Bertz CT molecular complexity index is 700. The van der Waals surface area contributed by atoms with Crippen molar-refractivity contribution < 1.29 is 9.00 Å². The fraction of sp³-hybridized carbons (Fsp3) is 0.412. The third kappa shape index (κ3) is 3.84. The van der Waals surface area contributed by atoms with E-state index in [9.17, 15) is 9.00 Å². The maximum atomic E-state index is 12.6. The predicted molar refractivity (Wildman–Crippen MR) is 92.9 cm³/mol. The third-order valence-electron chi connectivity index (χ3n) is 4.37. The lowest BCUT2D eigenvalue weighted by atomic mass is 9.98. The zero-order chi connectivity index (χ0) is 16.9. The van der Waals surface area contributed by atoms with Crippen molar-refractivity contribution in [1.82, 2.24) is 20.4 Å². The molecule has 24 heavy (non-hydrogen) atoms. The molecule has 2 atom stereocenters. The zero-order valence-electron chi connectivity index (χ0n) is 13.7. The number of rotatable bonds is 4. The molecule has 7 heteroatoms. The van der Waals surface area contributed by atoms with Gasteiger partial charge in [0.05, 0.1) is 12.2 Å². The van der Waals surface area contributed by atoms with Gasteiger partial charge in [0, 0.05) is 46.8 Å². The second kappa shape index (κ2) is 7.61. The Morgan fingerprint density at radius 2 is 2.17 bits per heavy atom. The van der Waals surface area contributed by atoms with E-state index in [0.717, 1.165) is 41.8 Å². The second-order valence-electron chi connectivity index (χ2n) is 5.99. The molecular weight excluding hydrogens is 324 g/mol. The maximum absolute atomic E-state index is 12.6. The fourth-order valence-electron chi connectivity index (χ4n) is 3.04. The Kier molecular flexibility index (Phi) is 5.30. The van der Waals surface area contributed by atoms with Crippen molar-refractivity contribution in [3.63, 3.8) is 0 Å². The Balaban J connectivity index is 1.62. The molecule has 0 spiro atoms. The largest absolute Gasteiger partial charge is 0.334 e. The number of piperidine rings is 1. The minimum Gasteiger partial charge on any atom is -0.334 e. The molecule has 2 aromatic rings. The number of hydrogen-bond donors (Lipinski definition) is 2. The number of nitrogens with one attached hydrogen (secondary N) is 2. The molecule has 2 heterocycles. The van der Waals surface area contributed by atoms with E-state index in [1.165, 1.54) is 0 Å². The van der Waals surface area contributed by atoms with Gasteiger partial charge in [-0.05, 0) is 37.0 Å². The molecule has 2 amide bonds. The van der Waals surface area contributed by atoms with E-state index >= 15 is 0 Å². The van der Waals surface area contributed by atoms with E-state index in [2.05, 4.69) is 15.5 Å². The van der Waals surface area contributed by atoms with Crippen molar-refractivity contribution in [3.05, 3.63) is 47.8 Å².